The topological polar surface area (TPSA) is 89.3 Å². The Morgan fingerprint density at radius 1 is 1.15 bits per heavy atom. The number of anilines is 1. The molecule has 0 radical (unpaired) electrons. The summed E-state index contributed by atoms with van der Waals surface area (Å²) in [4.78, 5) is 19.7. The van der Waals surface area contributed by atoms with Crippen LogP contribution in [0.5, 0.6) is 5.75 Å². The first-order valence-electron chi connectivity index (χ1n) is 9.90. The van der Waals surface area contributed by atoms with Gasteiger partial charge < -0.3 is 19.7 Å². The molecule has 2 heterocycles. The van der Waals surface area contributed by atoms with E-state index in [2.05, 4.69) is 15.3 Å². The molecule has 2 aromatic heterocycles. The molecule has 170 valence electrons. The number of aromatic nitrogens is 3. The second kappa shape index (κ2) is 9.25. The monoisotopic (exact) mass is 488 g/mol. The molecule has 0 saturated carbocycles. The van der Waals surface area contributed by atoms with Crippen LogP contribution in [0.1, 0.15) is 16.1 Å². The zero-order valence-electron chi connectivity index (χ0n) is 17.7. The molecule has 0 unspecified atom stereocenters. The Hall–Kier alpha value is -3.36. The lowest BCUT2D eigenvalue weighted by Gasteiger charge is -2.12. The fraction of sp³-hybridized carbons (Fsp3) is 0.174. The third kappa shape index (κ3) is 4.58. The average molecular weight is 489 g/mol. The van der Waals surface area contributed by atoms with Gasteiger partial charge in [0.25, 0.3) is 0 Å². The highest BCUT2D eigenvalue weighted by atomic mass is 35.5. The molecule has 4 rings (SSSR count). The lowest BCUT2D eigenvalue weighted by Crippen LogP contribution is -2.12. The Kier molecular flexibility index (Phi) is 6.40. The zero-order valence-corrected chi connectivity index (χ0v) is 19.2. The number of ether oxygens (including phenoxy) is 1. The summed E-state index contributed by atoms with van der Waals surface area (Å²) in [5, 5.41) is 13.3. The first-order valence-corrected chi connectivity index (χ1v) is 10.7. The van der Waals surface area contributed by atoms with E-state index in [4.69, 9.17) is 27.9 Å². The number of benzene rings is 2. The molecule has 0 fully saturated rings. The molecule has 0 saturated heterocycles. The summed E-state index contributed by atoms with van der Waals surface area (Å²) in [6, 6.07) is 9.53. The lowest BCUT2D eigenvalue weighted by molar-refractivity contribution is 0.0697. The van der Waals surface area contributed by atoms with Gasteiger partial charge in [0.2, 0.25) is 0 Å². The number of carboxylic acids is 1. The minimum Gasteiger partial charge on any atom is -0.496 e. The second-order valence-corrected chi connectivity index (χ2v) is 8.13. The van der Waals surface area contributed by atoms with E-state index in [1.165, 1.54) is 37.7 Å². The van der Waals surface area contributed by atoms with Crippen LogP contribution < -0.4 is 10.1 Å². The third-order valence-electron chi connectivity index (χ3n) is 5.24. The maximum absolute atomic E-state index is 14.0. The van der Waals surface area contributed by atoms with Crippen molar-refractivity contribution >= 4 is 45.9 Å². The van der Waals surface area contributed by atoms with Crippen LogP contribution in [0.4, 0.5) is 10.2 Å². The van der Waals surface area contributed by atoms with Crippen LogP contribution in [0.15, 0.2) is 42.7 Å². The van der Waals surface area contributed by atoms with Crippen LogP contribution >= 0.6 is 23.2 Å². The fourth-order valence-electron chi connectivity index (χ4n) is 3.72. The number of rotatable bonds is 7. The van der Waals surface area contributed by atoms with Crippen molar-refractivity contribution in [3.63, 3.8) is 0 Å². The van der Waals surface area contributed by atoms with Gasteiger partial charge in [0.05, 0.1) is 33.9 Å². The molecule has 10 heteroatoms. The molecule has 0 aliphatic heterocycles. The largest absolute Gasteiger partial charge is 0.496 e. The van der Waals surface area contributed by atoms with Crippen molar-refractivity contribution in [3.05, 3.63) is 69.8 Å². The van der Waals surface area contributed by atoms with E-state index >= 15 is 0 Å². The summed E-state index contributed by atoms with van der Waals surface area (Å²) in [6.07, 6.45) is 1.39. The van der Waals surface area contributed by atoms with E-state index in [1.807, 2.05) is 17.6 Å². The Morgan fingerprint density at radius 3 is 2.55 bits per heavy atom. The Labute approximate surface area is 198 Å². The molecule has 0 spiro atoms. The molecular formula is C23H19Cl2FN4O3. The SMILES string of the molecule is COc1cc(F)cc2c1cc(C)n2CCNc1cc(-c2cc(Cl)c(C(=O)O)c(Cl)c2)ncn1. The minimum absolute atomic E-state index is 0.0238. The highest BCUT2D eigenvalue weighted by Crippen LogP contribution is 2.32. The molecule has 0 bridgehead atoms. The van der Waals surface area contributed by atoms with E-state index in [9.17, 15) is 14.3 Å². The van der Waals surface area contributed by atoms with Gasteiger partial charge in [-0.3, -0.25) is 0 Å². The summed E-state index contributed by atoms with van der Waals surface area (Å²) < 4.78 is 21.3. The molecule has 0 amide bonds. The standard InChI is InChI=1S/C23H19Cl2FN4O3/c1-12-5-15-19(8-14(26)9-20(15)33-2)30(12)4-3-27-21-10-18(28-11-29-21)13-6-16(24)22(23(31)32)17(25)7-13/h5-11H,3-4H2,1-2H3,(H,31,32)(H,27,28,29). The van der Waals surface area contributed by atoms with Gasteiger partial charge in [-0.25, -0.2) is 19.2 Å². The van der Waals surface area contributed by atoms with Crippen LogP contribution in [-0.4, -0.2) is 39.3 Å². The quantitative estimate of drug-likeness (QED) is 0.348. The van der Waals surface area contributed by atoms with Crippen molar-refractivity contribution in [1.29, 1.82) is 0 Å². The summed E-state index contributed by atoms with van der Waals surface area (Å²) in [6.45, 7) is 3.03. The normalized spacial score (nSPS) is 11.1. The van der Waals surface area contributed by atoms with E-state index in [0.29, 0.717) is 35.9 Å². The number of hydrogen-bond acceptors (Lipinski definition) is 5. The Bertz CT molecular complexity index is 1350. The number of carboxylic acid groups (broad SMARTS) is 1. The van der Waals surface area contributed by atoms with Crippen LogP contribution in [0.2, 0.25) is 10.0 Å². The highest BCUT2D eigenvalue weighted by Gasteiger charge is 2.16. The van der Waals surface area contributed by atoms with Crippen LogP contribution in [-0.2, 0) is 6.54 Å². The molecule has 0 aliphatic carbocycles. The summed E-state index contributed by atoms with van der Waals surface area (Å²) >= 11 is 12.2. The van der Waals surface area contributed by atoms with Crippen molar-refractivity contribution in [2.75, 3.05) is 19.0 Å². The Balaban J connectivity index is 1.54. The molecule has 2 aromatic carbocycles. The summed E-state index contributed by atoms with van der Waals surface area (Å²) in [5.74, 6) is -0.510. The molecular weight excluding hydrogens is 470 g/mol. The van der Waals surface area contributed by atoms with Crippen molar-refractivity contribution in [2.45, 2.75) is 13.5 Å². The van der Waals surface area contributed by atoms with Crippen molar-refractivity contribution in [2.24, 2.45) is 0 Å². The van der Waals surface area contributed by atoms with E-state index in [0.717, 1.165) is 16.6 Å². The number of aromatic carboxylic acids is 1. The number of fused-ring (bicyclic) bond motifs is 1. The van der Waals surface area contributed by atoms with Gasteiger partial charge >= 0.3 is 5.97 Å². The van der Waals surface area contributed by atoms with E-state index in [-0.39, 0.29) is 21.4 Å². The number of carbonyl (C=O) groups is 1. The fourth-order valence-corrected chi connectivity index (χ4v) is 4.37. The number of hydrogen-bond donors (Lipinski definition) is 2. The predicted octanol–water partition coefficient (Wildman–Crippen LogP) is 5.67. The summed E-state index contributed by atoms with van der Waals surface area (Å²) in [7, 11) is 1.52. The van der Waals surface area contributed by atoms with Gasteiger partial charge in [0.1, 0.15) is 23.7 Å². The van der Waals surface area contributed by atoms with Crippen LogP contribution in [0.25, 0.3) is 22.2 Å². The van der Waals surface area contributed by atoms with Crippen molar-refractivity contribution in [3.8, 4) is 17.0 Å². The van der Waals surface area contributed by atoms with Crippen LogP contribution in [0.3, 0.4) is 0 Å². The van der Waals surface area contributed by atoms with E-state index < -0.39 is 5.97 Å². The zero-order chi connectivity index (χ0) is 23.7. The third-order valence-corrected chi connectivity index (χ3v) is 5.83. The Morgan fingerprint density at radius 2 is 1.88 bits per heavy atom. The lowest BCUT2D eigenvalue weighted by atomic mass is 10.1. The molecule has 0 atom stereocenters. The molecule has 33 heavy (non-hydrogen) atoms. The van der Waals surface area contributed by atoms with Gasteiger partial charge in [-0.05, 0) is 31.2 Å². The number of aryl methyl sites for hydroxylation is 1. The minimum atomic E-state index is -1.20. The van der Waals surface area contributed by atoms with Gasteiger partial charge in [-0.15, -0.1) is 0 Å². The summed E-state index contributed by atoms with van der Waals surface area (Å²) in [5.41, 5.74) is 2.66. The average Bonchev–Trinajstić information content (AvgIpc) is 3.07. The second-order valence-electron chi connectivity index (χ2n) is 7.31. The predicted molar refractivity (Wildman–Crippen MR) is 126 cm³/mol. The first kappa shape index (κ1) is 22.8. The number of methoxy groups -OCH3 is 1. The van der Waals surface area contributed by atoms with Gasteiger partial charge in [0, 0.05) is 41.9 Å². The van der Waals surface area contributed by atoms with Crippen molar-refractivity contribution < 1.29 is 19.0 Å². The van der Waals surface area contributed by atoms with E-state index in [1.54, 1.807) is 6.07 Å². The number of nitrogens with one attached hydrogen (secondary N) is 1. The highest BCUT2D eigenvalue weighted by molar-refractivity contribution is 6.39. The maximum Gasteiger partial charge on any atom is 0.338 e. The molecule has 2 N–H and O–H groups in total. The van der Waals surface area contributed by atoms with Gasteiger partial charge in [-0.1, -0.05) is 23.2 Å². The van der Waals surface area contributed by atoms with Crippen LogP contribution in [0, 0.1) is 12.7 Å². The molecule has 7 nitrogen and oxygen atoms in total. The first-order chi connectivity index (χ1) is 15.8. The molecule has 4 aromatic rings. The smallest absolute Gasteiger partial charge is 0.338 e. The number of halogens is 3. The van der Waals surface area contributed by atoms with Crippen molar-refractivity contribution in [1.82, 2.24) is 14.5 Å². The van der Waals surface area contributed by atoms with Gasteiger partial charge in [-0.2, -0.15) is 0 Å². The van der Waals surface area contributed by atoms with Gasteiger partial charge in [0.15, 0.2) is 0 Å². The maximum atomic E-state index is 14.0. The number of nitrogens with zero attached hydrogens (tertiary/aromatic N) is 3. The molecule has 0 aliphatic rings.